The molecule has 6 nitrogen and oxygen atoms in total. The molecule has 1 saturated heterocycles. The molecule has 1 aliphatic heterocycles. The Balaban J connectivity index is 1.61. The molecule has 150 valence electrons. The molecule has 1 atom stereocenters. The number of nitrogens with zero attached hydrogens (tertiary/aromatic N) is 2. The van der Waals surface area contributed by atoms with Gasteiger partial charge >= 0.3 is 0 Å². The molecule has 1 heterocycles. The van der Waals surface area contributed by atoms with Crippen LogP contribution in [0.4, 0.5) is 14.5 Å². The van der Waals surface area contributed by atoms with Gasteiger partial charge in [-0.25, -0.2) is 17.2 Å². The van der Waals surface area contributed by atoms with Crippen LogP contribution < -0.4 is 5.32 Å². The van der Waals surface area contributed by atoms with E-state index in [1.54, 1.807) is 13.0 Å². The lowest BCUT2D eigenvalue weighted by molar-refractivity contribution is -0.121. The van der Waals surface area contributed by atoms with Crippen molar-refractivity contribution in [1.82, 2.24) is 9.21 Å². The van der Waals surface area contributed by atoms with E-state index >= 15 is 0 Å². The smallest absolute Gasteiger partial charge is 0.246 e. The Morgan fingerprint density at radius 1 is 1.04 bits per heavy atom. The predicted molar refractivity (Wildman–Crippen MR) is 101 cm³/mol. The van der Waals surface area contributed by atoms with Gasteiger partial charge in [-0.2, -0.15) is 4.31 Å². The van der Waals surface area contributed by atoms with E-state index < -0.39 is 27.7 Å². The Morgan fingerprint density at radius 3 is 2.36 bits per heavy atom. The molecule has 1 aliphatic rings. The van der Waals surface area contributed by atoms with E-state index in [1.807, 2.05) is 4.90 Å². The number of carbonyl (C=O) groups excluding carboxylic acids is 1. The molecule has 1 N–H and O–H groups in total. The zero-order valence-corrected chi connectivity index (χ0v) is 16.1. The number of rotatable bonds is 5. The van der Waals surface area contributed by atoms with E-state index in [0.717, 1.165) is 6.07 Å². The third-order valence-corrected chi connectivity index (χ3v) is 6.68. The molecule has 0 bridgehead atoms. The molecule has 0 unspecified atom stereocenters. The normalized spacial score (nSPS) is 17.2. The Hall–Kier alpha value is -2.36. The molecule has 2 aromatic rings. The molecule has 9 heteroatoms. The van der Waals surface area contributed by atoms with Gasteiger partial charge in [-0.15, -0.1) is 0 Å². The lowest BCUT2D eigenvalue weighted by Gasteiger charge is -2.36. The monoisotopic (exact) mass is 409 g/mol. The summed E-state index contributed by atoms with van der Waals surface area (Å²) in [7, 11) is -3.93. The fraction of sp³-hybridized carbons (Fsp3) is 0.316. The van der Waals surface area contributed by atoms with Crippen molar-refractivity contribution in [2.24, 2.45) is 0 Å². The summed E-state index contributed by atoms with van der Waals surface area (Å²) in [5.41, 5.74) is 0.359. The van der Waals surface area contributed by atoms with Crippen LogP contribution in [0.3, 0.4) is 0 Å². The van der Waals surface area contributed by atoms with Crippen molar-refractivity contribution in [2.45, 2.75) is 17.9 Å². The van der Waals surface area contributed by atoms with Gasteiger partial charge in [0, 0.05) is 31.9 Å². The highest BCUT2D eigenvalue weighted by atomic mass is 32.2. The fourth-order valence-corrected chi connectivity index (χ4v) is 4.59. The topological polar surface area (TPSA) is 69.7 Å². The molecule has 0 spiro atoms. The van der Waals surface area contributed by atoms with E-state index in [-0.39, 0.29) is 23.9 Å². The fourth-order valence-electron chi connectivity index (χ4n) is 3.10. The van der Waals surface area contributed by atoms with E-state index in [1.165, 1.54) is 40.7 Å². The van der Waals surface area contributed by atoms with Gasteiger partial charge < -0.3 is 5.32 Å². The van der Waals surface area contributed by atoms with Crippen LogP contribution in [0.1, 0.15) is 6.92 Å². The van der Waals surface area contributed by atoms with Crippen LogP contribution in [0.5, 0.6) is 0 Å². The summed E-state index contributed by atoms with van der Waals surface area (Å²) in [5, 5.41) is 2.65. The number of hydrogen-bond donors (Lipinski definition) is 1. The third-order valence-electron chi connectivity index (χ3n) is 4.75. The Morgan fingerprint density at radius 2 is 1.71 bits per heavy atom. The lowest BCUT2D eigenvalue weighted by Crippen LogP contribution is -2.54. The predicted octanol–water partition coefficient (Wildman–Crippen LogP) is 2.30. The number of anilines is 1. The average Bonchev–Trinajstić information content (AvgIpc) is 2.67. The van der Waals surface area contributed by atoms with Crippen molar-refractivity contribution >= 4 is 21.6 Å². The van der Waals surface area contributed by atoms with Crippen LogP contribution in [-0.2, 0) is 14.8 Å². The number of piperazine rings is 1. The van der Waals surface area contributed by atoms with Gasteiger partial charge in [-0.3, -0.25) is 9.69 Å². The first-order valence-electron chi connectivity index (χ1n) is 8.84. The second-order valence-electron chi connectivity index (χ2n) is 6.55. The van der Waals surface area contributed by atoms with Gasteiger partial charge in [0.15, 0.2) is 0 Å². The molecular weight excluding hydrogens is 388 g/mol. The van der Waals surface area contributed by atoms with Gasteiger partial charge in [-0.1, -0.05) is 18.2 Å². The molecule has 1 fully saturated rings. The van der Waals surface area contributed by atoms with Crippen LogP contribution in [0, 0.1) is 11.6 Å². The minimum Gasteiger partial charge on any atom is -0.325 e. The summed E-state index contributed by atoms with van der Waals surface area (Å²) < 4.78 is 53.6. The molecule has 1 amide bonds. The number of sulfonamides is 1. The quantitative estimate of drug-likeness (QED) is 0.823. The molecule has 0 aliphatic carbocycles. The van der Waals surface area contributed by atoms with E-state index in [0.29, 0.717) is 18.8 Å². The summed E-state index contributed by atoms with van der Waals surface area (Å²) in [6, 6.07) is 10.3. The maximum Gasteiger partial charge on any atom is 0.246 e. The Labute approximate surface area is 162 Å². The number of amides is 1. The molecule has 28 heavy (non-hydrogen) atoms. The second kappa shape index (κ2) is 8.34. The number of halogens is 2. The van der Waals surface area contributed by atoms with Crippen molar-refractivity contribution in [3.8, 4) is 0 Å². The van der Waals surface area contributed by atoms with E-state index in [4.69, 9.17) is 0 Å². The number of hydrogen-bond acceptors (Lipinski definition) is 4. The standard InChI is InChI=1S/C19H21F2N3O3S/c1-14(19(25)22-16-6-4-5-15(20)13-16)23-9-11-24(12-10-23)28(26,27)18-8-3-2-7-17(18)21/h2-8,13-14H,9-12H2,1H3,(H,22,25)/t14-/m0/s1. The molecule has 3 rings (SSSR count). The summed E-state index contributed by atoms with van der Waals surface area (Å²) >= 11 is 0. The maximum atomic E-state index is 13.9. The third kappa shape index (κ3) is 4.37. The summed E-state index contributed by atoms with van der Waals surface area (Å²) in [6.07, 6.45) is 0. The first kappa shape index (κ1) is 20.4. The first-order chi connectivity index (χ1) is 13.3. The lowest BCUT2D eigenvalue weighted by atomic mass is 10.2. The van der Waals surface area contributed by atoms with Crippen molar-refractivity contribution in [3.63, 3.8) is 0 Å². The highest BCUT2D eigenvalue weighted by Crippen LogP contribution is 2.21. The van der Waals surface area contributed by atoms with Gasteiger partial charge in [0.05, 0.1) is 6.04 Å². The number of benzene rings is 2. The zero-order chi connectivity index (χ0) is 20.3. The SMILES string of the molecule is C[C@@H](C(=O)Nc1cccc(F)c1)N1CCN(S(=O)(=O)c2ccccc2F)CC1. The summed E-state index contributed by atoms with van der Waals surface area (Å²) in [6.45, 7) is 2.65. The minimum absolute atomic E-state index is 0.147. The van der Waals surface area contributed by atoms with Crippen molar-refractivity contribution in [3.05, 3.63) is 60.2 Å². The molecular formula is C19H21F2N3O3S. The largest absolute Gasteiger partial charge is 0.325 e. The number of carbonyl (C=O) groups is 1. The van der Waals surface area contributed by atoms with Crippen molar-refractivity contribution in [2.75, 3.05) is 31.5 Å². The molecule has 2 aromatic carbocycles. The molecule has 0 radical (unpaired) electrons. The summed E-state index contributed by atoms with van der Waals surface area (Å²) in [4.78, 5) is 13.9. The van der Waals surface area contributed by atoms with Crippen LogP contribution in [0.25, 0.3) is 0 Å². The minimum atomic E-state index is -3.93. The highest BCUT2D eigenvalue weighted by Gasteiger charge is 2.33. The van der Waals surface area contributed by atoms with Crippen molar-refractivity contribution in [1.29, 1.82) is 0 Å². The highest BCUT2D eigenvalue weighted by molar-refractivity contribution is 7.89. The van der Waals surface area contributed by atoms with Crippen molar-refractivity contribution < 1.29 is 22.0 Å². The summed E-state index contributed by atoms with van der Waals surface area (Å²) in [5.74, 6) is -1.54. The zero-order valence-electron chi connectivity index (χ0n) is 15.3. The maximum absolute atomic E-state index is 13.9. The van der Waals surface area contributed by atoms with Gasteiger partial charge in [0.25, 0.3) is 0 Å². The first-order valence-corrected chi connectivity index (χ1v) is 10.3. The molecule has 0 saturated carbocycles. The Kier molecular flexibility index (Phi) is 6.07. The molecule has 0 aromatic heterocycles. The average molecular weight is 409 g/mol. The van der Waals surface area contributed by atoms with Gasteiger partial charge in [0.2, 0.25) is 15.9 Å². The Bertz CT molecular complexity index is 960. The van der Waals surface area contributed by atoms with Crippen LogP contribution in [0.15, 0.2) is 53.4 Å². The van der Waals surface area contributed by atoms with E-state index in [2.05, 4.69) is 5.32 Å². The van der Waals surface area contributed by atoms with Crippen LogP contribution in [0.2, 0.25) is 0 Å². The van der Waals surface area contributed by atoms with E-state index in [9.17, 15) is 22.0 Å². The van der Waals surface area contributed by atoms with Crippen LogP contribution in [-0.4, -0.2) is 55.8 Å². The van der Waals surface area contributed by atoms with Gasteiger partial charge in [0.1, 0.15) is 16.5 Å². The van der Waals surface area contributed by atoms with Crippen LogP contribution >= 0.6 is 0 Å². The number of nitrogens with one attached hydrogen (secondary N) is 1. The van der Waals surface area contributed by atoms with Gasteiger partial charge in [-0.05, 0) is 37.3 Å². The second-order valence-corrected chi connectivity index (χ2v) is 8.45.